The summed E-state index contributed by atoms with van der Waals surface area (Å²) in [4.78, 5) is 25.8. The highest BCUT2D eigenvalue weighted by Crippen LogP contribution is 2.35. The average molecular weight is 340 g/mol. The summed E-state index contributed by atoms with van der Waals surface area (Å²) in [5.74, 6) is -0.386. The minimum absolute atomic E-state index is 0.0599. The van der Waals surface area contributed by atoms with E-state index in [1.807, 2.05) is 6.92 Å². The molecule has 25 heavy (non-hydrogen) atoms. The molecule has 0 aromatic heterocycles. The van der Waals surface area contributed by atoms with Gasteiger partial charge in [-0.2, -0.15) is 0 Å². The molecule has 128 valence electrons. The van der Waals surface area contributed by atoms with Crippen molar-refractivity contribution in [3.05, 3.63) is 66.0 Å². The van der Waals surface area contributed by atoms with Gasteiger partial charge in [0, 0.05) is 23.9 Å². The zero-order valence-corrected chi connectivity index (χ0v) is 13.7. The van der Waals surface area contributed by atoms with Crippen molar-refractivity contribution in [2.24, 2.45) is 0 Å². The summed E-state index contributed by atoms with van der Waals surface area (Å²) in [5.41, 5.74) is 2.37. The third-order valence-electron chi connectivity index (χ3n) is 3.70. The first kappa shape index (κ1) is 16.7. The van der Waals surface area contributed by atoms with E-state index in [0.717, 1.165) is 5.57 Å². The molecule has 2 amide bonds. The normalized spacial score (nSPS) is 13.0. The lowest BCUT2D eigenvalue weighted by Gasteiger charge is -2.29. The lowest BCUT2D eigenvalue weighted by Crippen LogP contribution is -2.39. The van der Waals surface area contributed by atoms with Crippen molar-refractivity contribution in [3.8, 4) is 5.75 Å². The number of halogens is 1. The zero-order chi connectivity index (χ0) is 18.0. The van der Waals surface area contributed by atoms with Gasteiger partial charge in [0.25, 0.3) is 11.8 Å². The predicted molar refractivity (Wildman–Crippen MR) is 93.5 cm³/mol. The van der Waals surface area contributed by atoms with Crippen LogP contribution in [0, 0.1) is 5.82 Å². The maximum atomic E-state index is 12.9. The second-order valence-electron chi connectivity index (χ2n) is 5.87. The number of hydrogen-bond acceptors (Lipinski definition) is 3. The predicted octanol–water partition coefficient (Wildman–Crippen LogP) is 3.38. The number of rotatable bonds is 4. The highest BCUT2D eigenvalue weighted by atomic mass is 19.1. The first-order valence-electron chi connectivity index (χ1n) is 7.72. The van der Waals surface area contributed by atoms with Crippen LogP contribution >= 0.6 is 0 Å². The smallest absolute Gasteiger partial charge is 0.265 e. The van der Waals surface area contributed by atoms with E-state index in [1.54, 1.807) is 23.1 Å². The summed E-state index contributed by atoms with van der Waals surface area (Å²) >= 11 is 0. The van der Waals surface area contributed by atoms with Crippen molar-refractivity contribution >= 4 is 23.2 Å². The number of nitrogens with one attached hydrogen (secondary N) is 1. The third kappa shape index (κ3) is 3.68. The van der Waals surface area contributed by atoms with Crippen molar-refractivity contribution in [1.29, 1.82) is 0 Å². The summed E-state index contributed by atoms with van der Waals surface area (Å²) in [6, 6.07) is 10.3. The van der Waals surface area contributed by atoms with Gasteiger partial charge in [0.15, 0.2) is 6.61 Å². The molecule has 6 heteroatoms. The second kappa shape index (κ2) is 6.76. The molecule has 0 spiro atoms. The molecule has 0 bridgehead atoms. The number of amides is 2. The molecule has 1 aliphatic rings. The van der Waals surface area contributed by atoms with Crippen molar-refractivity contribution < 1.29 is 18.7 Å². The second-order valence-corrected chi connectivity index (χ2v) is 5.87. The van der Waals surface area contributed by atoms with Crippen LogP contribution < -0.4 is 15.0 Å². The van der Waals surface area contributed by atoms with Crippen LogP contribution in [0.15, 0.2) is 54.6 Å². The standard InChI is InChI=1S/C19H17FN2O3/c1-12(2)10-22-16-8-7-15(9-17(16)25-11-18(22)23)21-19(24)13-3-5-14(20)6-4-13/h3-9H,1,10-11H2,2H3,(H,21,24). The number of benzene rings is 2. The number of carbonyl (C=O) groups excluding carboxylic acids is 2. The first-order chi connectivity index (χ1) is 11.9. The van der Waals surface area contributed by atoms with Crippen molar-refractivity contribution in [2.75, 3.05) is 23.4 Å². The van der Waals surface area contributed by atoms with Crippen LogP contribution in [0.25, 0.3) is 0 Å². The summed E-state index contributed by atoms with van der Waals surface area (Å²) in [6.45, 7) is 6.04. The molecule has 0 saturated carbocycles. The number of nitrogens with zero attached hydrogens (tertiary/aromatic N) is 1. The minimum Gasteiger partial charge on any atom is -0.481 e. The van der Waals surface area contributed by atoms with Crippen molar-refractivity contribution in [2.45, 2.75) is 6.92 Å². The maximum Gasteiger partial charge on any atom is 0.265 e. The average Bonchev–Trinajstić information content (AvgIpc) is 2.57. The molecular formula is C19H17FN2O3. The summed E-state index contributed by atoms with van der Waals surface area (Å²) in [5, 5.41) is 2.73. The molecule has 0 saturated heterocycles. The summed E-state index contributed by atoms with van der Waals surface area (Å²) in [7, 11) is 0. The highest BCUT2D eigenvalue weighted by Gasteiger charge is 2.25. The number of anilines is 2. The molecule has 0 atom stereocenters. The van der Waals surface area contributed by atoms with E-state index in [2.05, 4.69) is 11.9 Å². The quantitative estimate of drug-likeness (QED) is 0.868. The molecule has 1 heterocycles. The van der Waals surface area contributed by atoms with Crippen LogP contribution in [-0.2, 0) is 4.79 Å². The Morgan fingerprint density at radius 1 is 1.28 bits per heavy atom. The van der Waals surface area contributed by atoms with Crippen LogP contribution in [-0.4, -0.2) is 25.0 Å². The Morgan fingerprint density at radius 3 is 2.68 bits per heavy atom. The Labute approximate surface area is 144 Å². The summed E-state index contributed by atoms with van der Waals surface area (Å²) in [6.07, 6.45) is 0. The highest BCUT2D eigenvalue weighted by molar-refractivity contribution is 6.05. The van der Waals surface area contributed by atoms with Gasteiger partial charge in [-0.15, -0.1) is 0 Å². The molecule has 3 rings (SSSR count). The monoisotopic (exact) mass is 340 g/mol. The van der Waals surface area contributed by atoms with Gasteiger partial charge < -0.3 is 15.0 Å². The van der Waals surface area contributed by atoms with Crippen LogP contribution in [0.4, 0.5) is 15.8 Å². The summed E-state index contributed by atoms with van der Waals surface area (Å²) < 4.78 is 18.4. The van der Waals surface area contributed by atoms with E-state index in [-0.39, 0.29) is 18.4 Å². The van der Waals surface area contributed by atoms with E-state index in [4.69, 9.17) is 4.74 Å². The van der Waals surface area contributed by atoms with Gasteiger partial charge in [0.2, 0.25) is 0 Å². The van der Waals surface area contributed by atoms with Crippen LogP contribution in [0.2, 0.25) is 0 Å². The van der Waals surface area contributed by atoms with Crippen LogP contribution in [0.1, 0.15) is 17.3 Å². The van der Waals surface area contributed by atoms with E-state index < -0.39 is 5.82 Å². The molecule has 0 unspecified atom stereocenters. The number of hydrogen-bond donors (Lipinski definition) is 1. The van der Waals surface area contributed by atoms with Gasteiger partial charge in [-0.05, 0) is 43.3 Å². The number of ether oxygens (including phenoxy) is 1. The van der Waals surface area contributed by atoms with Crippen molar-refractivity contribution in [1.82, 2.24) is 0 Å². The largest absolute Gasteiger partial charge is 0.481 e. The Balaban J connectivity index is 1.81. The fourth-order valence-electron chi connectivity index (χ4n) is 2.53. The van der Waals surface area contributed by atoms with Gasteiger partial charge in [0.05, 0.1) is 5.69 Å². The molecule has 1 N–H and O–H groups in total. The van der Waals surface area contributed by atoms with Gasteiger partial charge in [0.1, 0.15) is 11.6 Å². The van der Waals surface area contributed by atoms with Gasteiger partial charge in [-0.25, -0.2) is 4.39 Å². The fraction of sp³-hybridized carbons (Fsp3) is 0.158. The van der Waals surface area contributed by atoms with Crippen LogP contribution in [0.3, 0.4) is 0 Å². The minimum atomic E-state index is -0.402. The lowest BCUT2D eigenvalue weighted by molar-refractivity contribution is -0.121. The first-order valence-corrected chi connectivity index (χ1v) is 7.72. The maximum absolute atomic E-state index is 12.9. The van der Waals surface area contributed by atoms with Gasteiger partial charge in [-0.1, -0.05) is 12.2 Å². The Bertz CT molecular complexity index is 846. The molecule has 2 aromatic carbocycles. The topological polar surface area (TPSA) is 58.6 Å². The zero-order valence-electron chi connectivity index (χ0n) is 13.7. The molecule has 0 radical (unpaired) electrons. The third-order valence-corrected chi connectivity index (χ3v) is 3.70. The molecule has 2 aromatic rings. The Kier molecular flexibility index (Phi) is 4.52. The van der Waals surface area contributed by atoms with E-state index in [1.165, 1.54) is 24.3 Å². The molecule has 0 fully saturated rings. The molecule has 0 aliphatic carbocycles. The van der Waals surface area contributed by atoms with Gasteiger partial charge >= 0.3 is 0 Å². The van der Waals surface area contributed by atoms with E-state index in [9.17, 15) is 14.0 Å². The Morgan fingerprint density at radius 2 is 2.00 bits per heavy atom. The fourth-order valence-corrected chi connectivity index (χ4v) is 2.53. The number of carbonyl (C=O) groups is 2. The molecular weight excluding hydrogens is 323 g/mol. The van der Waals surface area contributed by atoms with Crippen LogP contribution in [0.5, 0.6) is 5.75 Å². The molecule has 5 nitrogen and oxygen atoms in total. The Hall–Kier alpha value is -3.15. The molecule has 1 aliphatic heterocycles. The van der Waals surface area contributed by atoms with Gasteiger partial charge in [-0.3, -0.25) is 9.59 Å². The van der Waals surface area contributed by atoms with E-state index >= 15 is 0 Å². The van der Waals surface area contributed by atoms with Crippen molar-refractivity contribution in [3.63, 3.8) is 0 Å². The number of fused-ring (bicyclic) bond motifs is 1. The van der Waals surface area contributed by atoms with E-state index in [0.29, 0.717) is 29.2 Å². The lowest BCUT2D eigenvalue weighted by atomic mass is 10.1. The SMILES string of the molecule is C=C(C)CN1C(=O)COc2cc(NC(=O)c3ccc(F)cc3)ccc21.